The smallest absolute Gasteiger partial charge is 0.322 e. The second kappa shape index (κ2) is 2.95. The van der Waals surface area contributed by atoms with Gasteiger partial charge in [0, 0.05) is 5.41 Å². The van der Waals surface area contributed by atoms with Crippen molar-refractivity contribution in [1.82, 2.24) is 0 Å². The van der Waals surface area contributed by atoms with Gasteiger partial charge in [-0.25, -0.2) is 0 Å². The predicted octanol–water partition coefficient (Wildman–Crippen LogP) is -0.175. The summed E-state index contributed by atoms with van der Waals surface area (Å²) in [5.74, 6) is -2.45. The van der Waals surface area contributed by atoms with E-state index in [0.717, 1.165) is 0 Å². The molecule has 0 saturated carbocycles. The Morgan fingerprint density at radius 2 is 1.56 bits per heavy atom. The van der Waals surface area contributed by atoms with Crippen molar-refractivity contribution in [3.63, 3.8) is 0 Å². The van der Waals surface area contributed by atoms with Crippen molar-refractivity contribution in [1.29, 1.82) is 0 Å². The van der Waals surface area contributed by atoms with Crippen LogP contribution >= 0.6 is 0 Å². The minimum atomic E-state index is -1.45. The topological polar surface area (TPSA) is 74.2 Å². The number of aliphatic carboxylic acids is 1. The Morgan fingerprint density at radius 1 is 1.06 bits per heavy atom. The lowest BCUT2D eigenvalue weighted by atomic mass is 9.79. The van der Waals surface area contributed by atoms with Crippen molar-refractivity contribution in [3.05, 3.63) is 0 Å². The molecule has 0 radical (unpaired) electrons. The van der Waals surface area contributed by atoms with E-state index in [-0.39, 0.29) is 18.6 Å². The molecule has 4 fully saturated rings. The highest BCUT2D eigenvalue weighted by Crippen LogP contribution is 2.50. The van der Waals surface area contributed by atoms with Crippen molar-refractivity contribution in [2.45, 2.75) is 12.9 Å². The van der Waals surface area contributed by atoms with Gasteiger partial charge < -0.3 is 24.1 Å². The molecular formula is C10H14O6. The number of carboxylic acid groups (broad SMARTS) is 1. The molecule has 4 rings (SSSR count). The summed E-state index contributed by atoms with van der Waals surface area (Å²) in [6, 6.07) is 0. The summed E-state index contributed by atoms with van der Waals surface area (Å²) in [5, 5.41) is 9.29. The molecule has 6 nitrogen and oxygen atoms in total. The van der Waals surface area contributed by atoms with Crippen LogP contribution in [0.2, 0.25) is 0 Å². The number of rotatable bonds is 2. The number of carbonyl (C=O) groups is 1. The Bertz CT molecular complexity index is 310. The first kappa shape index (κ1) is 10.5. The van der Waals surface area contributed by atoms with Gasteiger partial charge in [-0.3, -0.25) is 4.79 Å². The molecule has 0 unspecified atom stereocenters. The molecule has 0 aromatic rings. The summed E-state index contributed by atoms with van der Waals surface area (Å²) in [6.45, 7) is 3.50. The lowest BCUT2D eigenvalue weighted by Crippen LogP contribution is -2.73. The van der Waals surface area contributed by atoms with E-state index in [1.54, 1.807) is 0 Å². The maximum absolute atomic E-state index is 11.3. The second-order valence-electron chi connectivity index (χ2n) is 5.11. The highest BCUT2D eigenvalue weighted by Gasteiger charge is 2.70. The van der Waals surface area contributed by atoms with E-state index in [2.05, 4.69) is 0 Å². The quantitative estimate of drug-likeness (QED) is 0.709. The van der Waals surface area contributed by atoms with Crippen LogP contribution in [-0.2, 0) is 23.7 Å². The molecule has 16 heavy (non-hydrogen) atoms. The fraction of sp³-hybridized carbons (Fsp3) is 0.900. The van der Waals surface area contributed by atoms with Gasteiger partial charge in [0.15, 0.2) is 5.41 Å². The predicted molar refractivity (Wildman–Crippen MR) is 49.6 cm³/mol. The third kappa shape index (κ3) is 1.08. The van der Waals surface area contributed by atoms with Gasteiger partial charge in [0.1, 0.15) is 0 Å². The van der Waals surface area contributed by atoms with E-state index in [9.17, 15) is 9.90 Å². The summed E-state index contributed by atoms with van der Waals surface area (Å²) >= 11 is 0. The van der Waals surface area contributed by atoms with Crippen LogP contribution < -0.4 is 0 Å². The first-order valence-corrected chi connectivity index (χ1v) is 5.25. The normalized spacial score (nSPS) is 45.1. The average Bonchev–Trinajstić information content (AvgIpc) is 2.17. The highest BCUT2D eigenvalue weighted by atomic mass is 16.9. The van der Waals surface area contributed by atoms with E-state index in [0.29, 0.717) is 19.8 Å². The average molecular weight is 230 g/mol. The van der Waals surface area contributed by atoms with E-state index >= 15 is 0 Å². The molecule has 0 aromatic heterocycles. The van der Waals surface area contributed by atoms with Crippen molar-refractivity contribution in [2.24, 2.45) is 10.8 Å². The molecular weight excluding hydrogens is 216 g/mol. The minimum Gasteiger partial charge on any atom is -0.480 e. The number of carboxylic acids is 1. The summed E-state index contributed by atoms with van der Waals surface area (Å²) in [7, 11) is 0. The molecule has 0 aliphatic carbocycles. The zero-order chi connectivity index (χ0) is 11.4. The molecule has 2 bridgehead atoms. The maximum atomic E-state index is 11.3. The lowest BCUT2D eigenvalue weighted by Gasteiger charge is -2.58. The van der Waals surface area contributed by atoms with E-state index in [4.69, 9.17) is 18.9 Å². The van der Waals surface area contributed by atoms with Gasteiger partial charge in [-0.05, 0) is 0 Å². The standard InChI is InChI=1S/C10H14O6/c1-8-2-14-10(15-3-8,16-4-8)9(7(11)12)5-13-6-9/h2-6H2,1H3,(H,11,12). The number of hydrogen-bond acceptors (Lipinski definition) is 5. The summed E-state index contributed by atoms with van der Waals surface area (Å²) in [5.41, 5.74) is -1.37. The zero-order valence-corrected chi connectivity index (χ0v) is 9.02. The SMILES string of the molecule is CC12COC(C3(C(=O)O)COC3)(OC1)OC2. The molecule has 0 aromatic carbocycles. The maximum Gasteiger partial charge on any atom is 0.322 e. The van der Waals surface area contributed by atoms with Crippen LogP contribution in [-0.4, -0.2) is 50.1 Å². The number of ether oxygens (including phenoxy) is 4. The van der Waals surface area contributed by atoms with Gasteiger partial charge in [0.25, 0.3) is 0 Å². The van der Waals surface area contributed by atoms with Crippen molar-refractivity contribution in [2.75, 3.05) is 33.0 Å². The third-order valence-corrected chi connectivity index (χ3v) is 3.52. The molecule has 90 valence electrons. The molecule has 1 N–H and O–H groups in total. The second-order valence-corrected chi connectivity index (χ2v) is 5.11. The minimum absolute atomic E-state index is 0.0685. The van der Waals surface area contributed by atoms with Crippen molar-refractivity contribution < 1.29 is 28.8 Å². The Hall–Kier alpha value is -0.690. The van der Waals surface area contributed by atoms with Gasteiger partial charge in [-0.1, -0.05) is 6.92 Å². The molecule has 6 heteroatoms. The molecule has 4 aliphatic heterocycles. The highest BCUT2D eigenvalue weighted by molar-refractivity contribution is 5.77. The third-order valence-electron chi connectivity index (χ3n) is 3.52. The van der Waals surface area contributed by atoms with Crippen LogP contribution in [0.3, 0.4) is 0 Å². The Kier molecular flexibility index (Phi) is 1.93. The molecule has 4 saturated heterocycles. The Morgan fingerprint density at radius 3 is 1.88 bits per heavy atom. The van der Waals surface area contributed by atoms with E-state index in [1.165, 1.54) is 0 Å². The first-order valence-electron chi connectivity index (χ1n) is 5.25. The first-order chi connectivity index (χ1) is 7.52. The van der Waals surface area contributed by atoms with Gasteiger partial charge in [0.05, 0.1) is 33.0 Å². The summed E-state index contributed by atoms with van der Waals surface area (Å²) in [6.07, 6.45) is 0. The Balaban J connectivity index is 1.91. The molecule has 0 amide bonds. The van der Waals surface area contributed by atoms with Crippen LogP contribution in [0.1, 0.15) is 6.92 Å². The molecule has 0 atom stereocenters. The Labute approximate surface area is 92.4 Å². The number of fused-ring (bicyclic) bond motifs is 3. The summed E-state index contributed by atoms with van der Waals surface area (Å²) in [4.78, 5) is 11.3. The van der Waals surface area contributed by atoms with Crippen LogP contribution in [0.15, 0.2) is 0 Å². The van der Waals surface area contributed by atoms with Crippen molar-refractivity contribution >= 4 is 5.97 Å². The fourth-order valence-electron chi connectivity index (χ4n) is 2.21. The van der Waals surface area contributed by atoms with E-state index < -0.39 is 17.4 Å². The molecule has 0 spiro atoms. The monoisotopic (exact) mass is 230 g/mol. The van der Waals surface area contributed by atoms with Crippen LogP contribution in [0.4, 0.5) is 0 Å². The molecule has 4 aliphatic rings. The zero-order valence-electron chi connectivity index (χ0n) is 9.02. The van der Waals surface area contributed by atoms with Crippen LogP contribution in [0.25, 0.3) is 0 Å². The largest absolute Gasteiger partial charge is 0.480 e. The van der Waals surface area contributed by atoms with Crippen molar-refractivity contribution in [3.8, 4) is 0 Å². The molecule has 4 heterocycles. The summed E-state index contributed by atoms with van der Waals surface area (Å²) < 4.78 is 21.6. The fourth-order valence-corrected chi connectivity index (χ4v) is 2.21. The van der Waals surface area contributed by atoms with Crippen LogP contribution in [0.5, 0.6) is 0 Å². The lowest BCUT2D eigenvalue weighted by molar-refractivity contribution is -0.514. The van der Waals surface area contributed by atoms with Crippen LogP contribution in [0, 0.1) is 10.8 Å². The van der Waals surface area contributed by atoms with Gasteiger partial charge >= 0.3 is 11.9 Å². The van der Waals surface area contributed by atoms with Gasteiger partial charge in [-0.15, -0.1) is 0 Å². The van der Waals surface area contributed by atoms with E-state index in [1.807, 2.05) is 6.92 Å². The van der Waals surface area contributed by atoms with Gasteiger partial charge in [-0.2, -0.15) is 0 Å². The van der Waals surface area contributed by atoms with Gasteiger partial charge in [0.2, 0.25) is 0 Å². The number of hydrogen-bond donors (Lipinski definition) is 1.